The summed E-state index contributed by atoms with van der Waals surface area (Å²) in [6, 6.07) is 41.9. The van der Waals surface area contributed by atoms with Crippen molar-refractivity contribution in [1.29, 1.82) is 0 Å². The molecule has 0 saturated carbocycles. The van der Waals surface area contributed by atoms with Crippen molar-refractivity contribution in [3.8, 4) is 0 Å². The van der Waals surface area contributed by atoms with Crippen LogP contribution in [0, 0.1) is 88.3 Å². The number of thioether (sulfide) groups is 1. The van der Waals surface area contributed by atoms with E-state index in [2.05, 4.69) is 15.3 Å². The van der Waals surface area contributed by atoms with Crippen LogP contribution < -0.4 is 27.2 Å². The first-order valence-corrected chi connectivity index (χ1v) is 39.8. The van der Waals surface area contributed by atoms with E-state index in [1.54, 1.807) is 53.2 Å². The molecule has 0 saturated heterocycles. The average molecular weight is 1580 g/mol. The minimum absolute atomic E-state index is 0.0280. The molecule has 6 rings (SSSR count). The largest absolute Gasteiger partial charge is 0.371 e. The van der Waals surface area contributed by atoms with Gasteiger partial charge in [-0.1, -0.05) is 186 Å². The third kappa shape index (κ3) is 35.4. The Bertz CT molecular complexity index is 3960. The zero-order chi connectivity index (χ0) is 84.7. The SMILES string of the molecule is CC(=O)C(CC(=O)[C@H](CC(C)C)[C@H](C)C(=O)NO)Cc1ccccc1.CC(=O)C(CC(=O)[C@H](CC(C)C)[C@H](CSc1ccccc1)C(=O)NO)Cc1ccccc1.CC(=O)[C@@H](CC(=O)[C@@H](CC(=O)NO)CC(C)C)Cc1c[nH]c2ccccc12.CO[C@H](C(=O)NO)[C@@H](CC(C)C)C(=O)C[C@H](C(=O)Nc1ccccn1)C(C)(C)C. The van der Waals surface area contributed by atoms with Gasteiger partial charge in [-0.3, -0.25) is 78.4 Å². The zero-order valence-electron chi connectivity index (χ0n) is 68.7. The molecule has 0 aliphatic rings. The van der Waals surface area contributed by atoms with E-state index in [9.17, 15) is 62.7 Å². The number of para-hydroxylation sites is 1. The fraction of sp³-hybridized carbons (Fsp3) is 0.511. The number of benzene rings is 4. The summed E-state index contributed by atoms with van der Waals surface area (Å²) >= 11 is 1.48. The molecule has 5 amide bonds. The smallest absolute Gasteiger partial charge is 0.273 e. The van der Waals surface area contributed by atoms with Crippen LogP contribution in [0.4, 0.5) is 5.82 Å². The van der Waals surface area contributed by atoms with Crippen LogP contribution in [0.1, 0.15) is 178 Å². The molecular weight excluding hydrogens is 1460 g/mol. The number of hydroxylamine groups is 4. The van der Waals surface area contributed by atoms with E-state index in [1.807, 2.05) is 198 Å². The lowest BCUT2D eigenvalue weighted by molar-refractivity contribution is -0.149. The van der Waals surface area contributed by atoms with Crippen LogP contribution in [0.15, 0.2) is 151 Å². The number of pyridine rings is 1. The number of fused-ring (bicyclic) bond motifs is 1. The van der Waals surface area contributed by atoms with Gasteiger partial charge in [-0.05, 0) is 142 Å². The van der Waals surface area contributed by atoms with E-state index in [4.69, 9.17) is 20.4 Å². The maximum absolute atomic E-state index is 13.4. The van der Waals surface area contributed by atoms with Gasteiger partial charge in [-0.15, -0.1) is 11.8 Å². The standard InChI is InChI=1S/C26H33NO4S.C21H33N3O5.C21H28N2O4.C20H29NO4/c1-18(2)14-23(24(26(30)27-31)17-32-22-12-8-5-9-13-22)25(29)16-21(19(3)28)15-20-10-6-4-7-11-20;1-13(2)11-14(18(29-6)20(27)24-28)16(25)12-15(21(3,4)5)19(26)23-17-9-7-8-10-22-17;1-13(2)8-16(11-21(26)23-27)20(25)10-15(14(3)24)9-17-12-22-19-7-5-4-6-18(17)19;1-13(2)10-18(14(3)20(24)21-25)19(23)12-17(15(4)22)11-16-8-6-5-7-9-16/h4-13,18,21,23-24,31H,14-17H2,1-3H3,(H,27,30);7-10,13-15,18,28H,11-12H2,1-6H3,(H,24,27)(H,22,23,26);4-7,12-13,15-16,22,27H,8-11H2,1-3H3,(H,23,26);5-9,13-14,17-18,25H,10-12H2,1-4H3,(H,21,24)/t21?,23-,24+;14-,15+,18-;15-,16-;14-,17?,18+/m1010/s1. The number of aromatic nitrogens is 2. The number of ketones is 7. The molecule has 2 unspecified atom stereocenters. The second-order valence-electron chi connectivity index (χ2n) is 32.0. The Morgan fingerprint density at radius 2 is 0.894 bits per heavy atom. The van der Waals surface area contributed by atoms with Crippen molar-refractivity contribution in [1.82, 2.24) is 31.9 Å². The van der Waals surface area contributed by atoms with Gasteiger partial charge in [0.15, 0.2) is 0 Å². The van der Waals surface area contributed by atoms with Gasteiger partial charge in [-0.25, -0.2) is 26.9 Å². The van der Waals surface area contributed by atoms with Crippen molar-refractivity contribution in [2.24, 2.45) is 88.3 Å². The highest BCUT2D eigenvalue weighted by atomic mass is 32.2. The molecule has 0 bridgehead atoms. The Kier molecular flexibility index (Phi) is 44.0. The molecule has 4 aromatic carbocycles. The molecule has 2 heterocycles. The van der Waals surface area contributed by atoms with Crippen molar-refractivity contribution >= 4 is 98.5 Å². The van der Waals surface area contributed by atoms with Crippen molar-refractivity contribution in [3.05, 3.63) is 163 Å². The van der Waals surface area contributed by atoms with E-state index >= 15 is 0 Å². The number of aromatic amines is 1. The Balaban J connectivity index is 0.000000392. The van der Waals surface area contributed by atoms with Crippen molar-refractivity contribution in [2.45, 2.75) is 192 Å². The van der Waals surface area contributed by atoms with Crippen LogP contribution in [0.3, 0.4) is 0 Å². The van der Waals surface area contributed by atoms with Gasteiger partial charge >= 0.3 is 0 Å². The third-order valence-electron chi connectivity index (χ3n) is 19.9. The van der Waals surface area contributed by atoms with Gasteiger partial charge in [-0.2, -0.15) is 0 Å². The van der Waals surface area contributed by atoms with Crippen molar-refractivity contribution in [3.63, 3.8) is 0 Å². The summed E-state index contributed by atoms with van der Waals surface area (Å²) in [5.41, 5.74) is 10.1. The second-order valence-corrected chi connectivity index (χ2v) is 33.1. The van der Waals surface area contributed by atoms with E-state index in [0.717, 1.165) is 32.5 Å². The lowest BCUT2D eigenvalue weighted by Gasteiger charge is -2.31. The lowest BCUT2D eigenvalue weighted by Crippen LogP contribution is -2.45. The highest BCUT2D eigenvalue weighted by molar-refractivity contribution is 7.99. The van der Waals surface area contributed by atoms with Gasteiger partial charge < -0.3 is 15.0 Å². The molecule has 0 aliphatic heterocycles. The molecule has 0 radical (unpaired) electrons. The number of rotatable bonds is 43. The van der Waals surface area contributed by atoms with Gasteiger partial charge in [0.2, 0.25) is 23.6 Å². The molecule has 25 heteroatoms. The molecule has 24 nitrogen and oxygen atoms in total. The lowest BCUT2D eigenvalue weighted by atomic mass is 9.74. The predicted molar refractivity (Wildman–Crippen MR) is 436 cm³/mol. The van der Waals surface area contributed by atoms with Gasteiger partial charge in [0.1, 0.15) is 52.4 Å². The van der Waals surface area contributed by atoms with Gasteiger partial charge in [0.05, 0.1) is 17.8 Å². The topological polar surface area (TPSA) is 384 Å². The van der Waals surface area contributed by atoms with Gasteiger partial charge in [0.25, 0.3) is 5.91 Å². The average Bonchev–Trinajstić information content (AvgIpc) is 1.57. The summed E-state index contributed by atoms with van der Waals surface area (Å²) in [7, 11) is 1.32. The van der Waals surface area contributed by atoms with E-state index in [-0.39, 0.29) is 102 Å². The summed E-state index contributed by atoms with van der Waals surface area (Å²) in [6.07, 6.45) is 5.99. The Morgan fingerprint density at radius 3 is 1.35 bits per heavy atom. The fourth-order valence-corrected chi connectivity index (χ4v) is 14.8. The number of H-pyrrole nitrogens is 1. The molecule has 618 valence electrons. The number of ether oxygens (including phenoxy) is 1. The summed E-state index contributed by atoms with van der Waals surface area (Å²) in [5.74, 6) is -7.50. The second kappa shape index (κ2) is 50.8. The molecule has 113 heavy (non-hydrogen) atoms. The first-order valence-electron chi connectivity index (χ1n) is 38.8. The number of amides is 5. The molecule has 2 aromatic heterocycles. The maximum Gasteiger partial charge on any atom is 0.273 e. The number of nitrogens with one attached hydrogen (secondary N) is 6. The normalized spacial score (nSPS) is 14.2. The highest BCUT2D eigenvalue weighted by Crippen LogP contribution is 2.36. The number of nitrogens with zero attached hydrogens (tertiary/aromatic N) is 1. The quantitative estimate of drug-likeness (QED) is 0.00965. The van der Waals surface area contributed by atoms with Crippen LogP contribution in [0.2, 0.25) is 0 Å². The number of methoxy groups -OCH3 is 1. The van der Waals surface area contributed by atoms with Gasteiger partial charge in [0, 0.05) is 115 Å². The molecule has 6 aromatic rings. The highest BCUT2D eigenvalue weighted by Gasteiger charge is 2.41. The fourth-order valence-electron chi connectivity index (χ4n) is 13.6. The molecule has 0 fully saturated rings. The number of Topliss-reactive ketones (excluding diaryl/α,β-unsaturated/α-hetero) is 7. The third-order valence-corrected chi connectivity index (χ3v) is 21.1. The Morgan fingerprint density at radius 1 is 0.451 bits per heavy atom. The van der Waals surface area contributed by atoms with Crippen molar-refractivity contribution < 1.29 is 83.1 Å². The minimum Gasteiger partial charge on any atom is -0.371 e. The first kappa shape index (κ1) is 98.0. The van der Waals surface area contributed by atoms with Crippen LogP contribution in [0.25, 0.3) is 10.9 Å². The molecular formula is C88H123N7O17S. The Labute approximate surface area is 671 Å². The number of anilines is 1. The Hall–Kier alpha value is -9.24. The van der Waals surface area contributed by atoms with Crippen LogP contribution in [-0.2, 0) is 81.5 Å². The summed E-state index contributed by atoms with van der Waals surface area (Å²) in [6.45, 7) is 27.6. The maximum atomic E-state index is 13.4. The van der Waals surface area contributed by atoms with Crippen LogP contribution in [0.5, 0.6) is 0 Å². The molecule has 0 spiro atoms. The summed E-state index contributed by atoms with van der Waals surface area (Å²) < 4.78 is 5.21. The number of carbonyl (C=O) groups is 12. The number of hydrogen-bond acceptors (Lipinski definition) is 19. The first-order chi connectivity index (χ1) is 53.4. The monoisotopic (exact) mass is 1580 g/mol. The molecule has 0 aliphatic carbocycles. The number of hydrogen-bond donors (Lipinski definition) is 10. The van der Waals surface area contributed by atoms with E-state index in [0.29, 0.717) is 56.5 Å². The summed E-state index contributed by atoms with van der Waals surface area (Å²) in [5, 5.41) is 39.8. The van der Waals surface area contributed by atoms with Crippen molar-refractivity contribution in [2.75, 3.05) is 18.2 Å². The van der Waals surface area contributed by atoms with Crippen LogP contribution >= 0.6 is 11.8 Å². The molecule has 11 atom stereocenters. The van der Waals surface area contributed by atoms with Crippen LogP contribution in [-0.4, -0.2) is 120 Å². The number of carbonyl (C=O) groups excluding carboxylic acids is 12. The predicted octanol–water partition coefficient (Wildman–Crippen LogP) is 14.4. The zero-order valence-corrected chi connectivity index (χ0v) is 69.5. The van der Waals surface area contributed by atoms with E-state index in [1.165, 1.54) is 39.6 Å². The van der Waals surface area contributed by atoms with E-state index < -0.39 is 94.3 Å². The summed E-state index contributed by atoms with van der Waals surface area (Å²) in [4.78, 5) is 158. The molecule has 10 N–H and O–H groups in total. The minimum atomic E-state index is -1.13.